The highest BCUT2D eigenvalue weighted by molar-refractivity contribution is 6.32. The maximum atomic E-state index is 13.2. The Bertz CT molecular complexity index is 551. The van der Waals surface area contributed by atoms with Gasteiger partial charge >= 0.3 is 6.18 Å². The van der Waals surface area contributed by atoms with Gasteiger partial charge in [-0.25, -0.2) is 0 Å². The van der Waals surface area contributed by atoms with Crippen molar-refractivity contribution in [1.29, 1.82) is 0 Å². The Balaban J connectivity index is 1.84. The zero-order chi connectivity index (χ0) is 17.6. The van der Waals surface area contributed by atoms with Crippen molar-refractivity contribution in [2.75, 3.05) is 39.3 Å². The van der Waals surface area contributed by atoms with Crippen LogP contribution in [0.5, 0.6) is 5.75 Å². The Hall–Kier alpha value is -1.51. The highest BCUT2D eigenvalue weighted by Crippen LogP contribution is 2.25. The highest BCUT2D eigenvalue weighted by atomic mass is 35.5. The molecule has 1 aliphatic rings. The maximum Gasteiger partial charge on any atom is 0.405 e. The van der Waals surface area contributed by atoms with Crippen molar-refractivity contribution in [2.45, 2.75) is 12.2 Å². The maximum absolute atomic E-state index is 13.2. The summed E-state index contributed by atoms with van der Waals surface area (Å²) in [5.41, 5.74) is 0. The summed E-state index contributed by atoms with van der Waals surface area (Å²) in [6.07, 6.45) is -4.41. The summed E-state index contributed by atoms with van der Waals surface area (Å²) in [6, 6.07) is 4.86. The summed E-state index contributed by atoms with van der Waals surface area (Å²) in [4.78, 5) is 13.1. The first-order valence-electron chi connectivity index (χ1n) is 7.53. The molecule has 1 aliphatic heterocycles. The molecule has 2 N–H and O–H groups in total. The van der Waals surface area contributed by atoms with Gasteiger partial charge in [-0.1, -0.05) is 23.7 Å². The van der Waals surface area contributed by atoms with Crippen LogP contribution in [-0.4, -0.2) is 62.4 Å². The molecule has 5 nitrogen and oxygen atoms in total. The van der Waals surface area contributed by atoms with Gasteiger partial charge in [0.2, 0.25) is 0 Å². The van der Waals surface area contributed by atoms with Gasteiger partial charge in [-0.05, 0) is 12.1 Å². The Labute approximate surface area is 143 Å². The number of carbonyl (C=O) groups is 1. The van der Waals surface area contributed by atoms with Crippen molar-refractivity contribution in [2.24, 2.45) is 0 Å². The van der Waals surface area contributed by atoms with Crippen LogP contribution >= 0.6 is 11.6 Å². The highest BCUT2D eigenvalue weighted by Gasteiger charge is 2.43. The van der Waals surface area contributed by atoms with Gasteiger partial charge in [0.1, 0.15) is 11.8 Å². The van der Waals surface area contributed by atoms with Crippen LogP contribution in [0.2, 0.25) is 5.02 Å². The number of alkyl halides is 3. The van der Waals surface area contributed by atoms with E-state index in [9.17, 15) is 18.0 Å². The third-order valence-corrected chi connectivity index (χ3v) is 3.97. The monoisotopic (exact) mass is 365 g/mol. The molecule has 1 fully saturated rings. The first-order chi connectivity index (χ1) is 11.4. The van der Waals surface area contributed by atoms with Crippen molar-refractivity contribution in [3.05, 3.63) is 29.3 Å². The molecule has 1 heterocycles. The smallest absolute Gasteiger partial charge is 0.405 e. The van der Waals surface area contributed by atoms with Crippen molar-refractivity contribution >= 4 is 17.5 Å². The van der Waals surface area contributed by atoms with Crippen molar-refractivity contribution < 1.29 is 22.7 Å². The Morgan fingerprint density at radius 2 is 2.00 bits per heavy atom. The van der Waals surface area contributed by atoms with Gasteiger partial charge in [0.15, 0.2) is 6.61 Å². The number of nitrogens with zero attached hydrogens (tertiary/aromatic N) is 1. The second-order valence-corrected chi connectivity index (χ2v) is 5.77. The van der Waals surface area contributed by atoms with Crippen LogP contribution < -0.4 is 15.4 Å². The third-order valence-electron chi connectivity index (χ3n) is 3.66. The minimum atomic E-state index is -4.41. The molecule has 1 amide bonds. The number of amides is 1. The number of carbonyl (C=O) groups excluding carboxylic acids is 1. The van der Waals surface area contributed by atoms with E-state index in [1.807, 2.05) is 0 Å². The lowest BCUT2D eigenvalue weighted by molar-refractivity contribution is -0.184. The number of rotatable bonds is 6. The minimum Gasteiger partial charge on any atom is -0.482 e. The molecule has 0 bridgehead atoms. The van der Waals surface area contributed by atoms with E-state index >= 15 is 0 Å². The molecule has 1 aromatic rings. The van der Waals surface area contributed by atoms with Crippen molar-refractivity contribution in [3.63, 3.8) is 0 Å². The second-order valence-electron chi connectivity index (χ2n) is 5.37. The molecule has 24 heavy (non-hydrogen) atoms. The summed E-state index contributed by atoms with van der Waals surface area (Å²) in [5.74, 6) is -0.317. The topological polar surface area (TPSA) is 53.6 Å². The van der Waals surface area contributed by atoms with E-state index in [-0.39, 0.29) is 13.1 Å². The quantitative estimate of drug-likeness (QED) is 0.805. The molecule has 1 saturated heterocycles. The van der Waals surface area contributed by atoms with E-state index in [4.69, 9.17) is 16.3 Å². The molecule has 2 rings (SSSR count). The molecule has 0 spiro atoms. The van der Waals surface area contributed by atoms with E-state index in [1.54, 1.807) is 24.3 Å². The van der Waals surface area contributed by atoms with Crippen LogP contribution in [0, 0.1) is 0 Å². The lowest BCUT2D eigenvalue weighted by atomic mass is 10.2. The summed E-state index contributed by atoms with van der Waals surface area (Å²) in [7, 11) is 0. The van der Waals surface area contributed by atoms with E-state index in [2.05, 4.69) is 10.6 Å². The summed E-state index contributed by atoms with van der Waals surface area (Å²) < 4.78 is 44.8. The Kier molecular flexibility index (Phi) is 6.70. The molecule has 1 aromatic carbocycles. The number of hydrogen-bond acceptors (Lipinski definition) is 4. The fraction of sp³-hybridized carbons (Fsp3) is 0.533. The zero-order valence-electron chi connectivity index (χ0n) is 12.9. The Morgan fingerprint density at radius 1 is 1.33 bits per heavy atom. The lowest BCUT2D eigenvalue weighted by Gasteiger charge is -2.35. The number of hydrogen-bond donors (Lipinski definition) is 2. The average molecular weight is 366 g/mol. The predicted molar refractivity (Wildman–Crippen MR) is 84.2 cm³/mol. The van der Waals surface area contributed by atoms with Gasteiger partial charge in [-0.3, -0.25) is 9.69 Å². The fourth-order valence-corrected chi connectivity index (χ4v) is 2.60. The summed E-state index contributed by atoms with van der Waals surface area (Å²) in [5, 5.41) is 5.62. The first-order valence-corrected chi connectivity index (χ1v) is 7.91. The zero-order valence-corrected chi connectivity index (χ0v) is 13.7. The SMILES string of the molecule is O=C(COc1ccccc1Cl)NCC(N1CCNCC1)C(F)(F)F. The van der Waals surface area contributed by atoms with Crippen LogP contribution in [0.25, 0.3) is 0 Å². The van der Waals surface area contributed by atoms with Gasteiger partial charge in [0.05, 0.1) is 5.02 Å². The van der Waals surface area contributed by atoms with Crippen LogP contribution in [0.3, 0.4) is 0 Å². The van der Waals surface area contributed by atoms with Gasteiger partial charge in [0.25, 0.3) is 5.91 Å². The normalized spacial score (nSPS) is 17.3. The van der Waals surface area contributed by atoms with E-state index in [0.29, 0.717) is 23.9 Å². The number of ether oxygens (including phenoxy) is 1. The number of benzene rings is 1. The number of para-hydroxylation sites is 1. The number of halogens is 4. The van der Waals surface area contributed by atoms with Gasteiger partial charge in [-0.15, -0.1) is 0 Å². The van der Waals surface area contributed by atoms with Crippen LogP contribution in [0.1, 0.15) is 0 Å². The molecular weight excluding hydrogens is 347 g/mol. The predicted octanol–water partition coefficient (Wildman–Crippen LogP) is 1.67. The van der Waals surface area contributed by atoms with Gasteiger partial charge < -0.3 is 15.4 Å². The standard InChI is InChI=1S/C15H19ClF3N3O2/c16-11-3-1-2-4-12(11)24-10-14(23)21-9-13(15(17,18)19)22-7-5-20-6-8-22/h1-4,13,20H,5-10H2,(H,21,23). The number of nitrogens with one attached hydrogen (secondary N) is 2. The summed E-state index contributed by atoms with van der Waals surface area (Å²) in [6.45, 7) is 0.669. The van der Waals surface area contributed by atoms with Gasteiger partial charge in [-0.2, -0.15) is 13.2 Å². The van der Waals surface area contributed by atoms with Crippen molar-refractivity contribution in [3.8, 4) is 5.75 Å². The van der Waals surface area contributed by atoms with Crippen molar-refractivity contribution in [1.82, 2.24) is 15.5 Å². The van der Waals surface area contributed by atoms with E-state index in [1.165, 1.54) is 4.90 Å². The average Bonchev–Trinajstić information content (AvgIpc) is 2.54. The van der Waals surface area contributed by atoms with E-state index in [0.717, 1.165) is 0 Å². The lowest BCUT2D eigenvalue weighted by Crippen LogP contribution is -2.57. The molecule has 134 valence electrons. The largest absolute Gasteiger partial charge is 0.482 e. The molecule has 0 aromatic heterocycles. The van der Waals surface area contributed by atoms with Crippen LogP contribution in [0.15, 0.2) is 24.3 Å². The third kappa shape index (κ3) is 5.54. The molecule has 1 unspecified atom stereocenters. The minimum absolute atomic E-state index is 0.288. The molecule has 1 atom stereocenters. The van der Waals surface area contributed by atoms with E-state index < -0.39 is 31.3 Å². The second kappa shape index (κ2) is 8.55. The molecule has 0 radical (unpaired) electrons. The Morgan fingerprint density at radius 3 is 2.62 bits per heavy atom. The molecule has 0 saturated carbocycles. The van der Waals surface area contributed by atoms with Crippen LogP contribution in [0.4, 0.5) is 13.2 Å². The molecule has 9 heteroatoms. The summed E-state index contributed by atoms with van der Waals surface area (Å²) >= 11 is 5.88. The fourth-order valence-electron chi connectivity index (χ4n) is 2.41. The van der Waals surface area contributed by atoms with Crippen LogP contribution in [-0.2, 0) is 4.79 Å². The molecule has 0 aliphatic carbocycles. The first kappa shape index (κ1) is 18.8. The van der Waals surface area contributed by atoms with Gasteiger partial charge in [0, 0.05) is 32.7 Å². The molecular formula is C15H19ClF3N3O2. The number of piperazine rings is 1.